The number of morpholine rings is 1. The standard InChI is InChI=1S/C23H32F3N5O5S/c24-23(25,26)36-19-3-1-17(2-4-19)30-8-6-22(14-30)15-31(9-10-35-22)18(13-32)11-20(33)28-16-5-7-29(12-16)21(34)37-27/h1-4,16,18,32H,5-15,27H2,(H,28,33). The summed E-state index contributed by atoms with van der Waals surface area (Å²) in [7, 11) is 0. The highest BCUT2D eigenvalue weighted by molar-refractivity contribution is 8.11. The molecule has 10 nitrogen and oxygen atoms in total. The summed E-state index contributed by atoms with van der Waals surface area (Å²) in [6.07, 6.45) is -3.26. The Labute approximate surface area is 217 Å². The molecule has 4 rings (SSSR count). The van der Waals surface area contributed by atoms with Crippen LogP contribution in [0.1, 0.15) is 19.3 Å². The molecule has 206 valence electrons. The normalized spacial score (nSPS) is 25.5. The van der Waals surface area contributed by atoms with Gasteiger partial charge in [-0.1, -0.05) is 0 Å². The van der Waals surface area contributed by atoms with E-state index in [1.807, 2.05) is 4.90 Å². The van der Waals surface area contributed by atoms with Crippen molar-refractivity contribution < 1.29 is 37.3 Å². The fourth-order valence-corrected chi connectivity index (χ4v) is 5.60. The van der Waals surface area contributed by atoms with Crippen LogP contribution >= 0.6 is 11.9 Å². The minimum absolute atomic E-state index is 0.118. The molecule has 0 aliphatic carbocycles. The Balaban J connectivity index is 1.30. The third-order valence-corrected chi connectivity index (χ3v) is 7.55. The van der Waals surface area contributed by atoms with Crippen molar-refractivity contribution in [2.45, 2.75) is 43.3 Å². The van der Waals surface area contributed by atoms with E-state index in [0.29, 0.717) is 70.7 Å². The fourth-order valence-electron chi connectivity index (χ4n) is 5.28. The summed E-state index contributed by atoms with van der Waals surface area (Å²) in [5, 5.41) is 18.1. The molecule has 3 fully saturated rings. The second kappa shape index (κ2) is 11.6. The largest absolute Gasteiger partial charge is 0.573 e. The van der Waals surface area contributed by atoms with Crippen molar-refractivity contribution in [1.82, 2.24) is 15.1 Å². The molecule has 3 heterocycles. The van der Waals surface area contributed by atoms with E-state index in [0.717, 1.165) is 5.69 Å². The van der Waals surface area contributed by atoms with Crippen LogP contribution in [0.2, 0.25) is 0 Å². The Kier molecular flexibility index (Phi) is 8.74. The molecule has 1 spiro atoms. The molecule has 0 saturated carbocycles. The smallest absolute Gasteiger partial charge is 0.406 e. The highest BCUT2D eigenvalue weighted by Gasteiger charge is 2.44. The number of anilines is 1. The highest BCUT2D eigenvalue weighted by Crippen LogP contribution is 2.34. The first-order chi connectivity index (χ1) is 17.6. The first-order valence-electron chi connectivity index (χ1n) is 12.1. The SMILES string of the molecule is NSC(=O)N1CCC(NC(=O)CC(CO)N2CCOC3(CCN(c4ccc(OC(F)(F)F)cc4)C3)C2)C1. The second-order valence-corrected chi connectivity index (χ2v) is 10.2. The number of halogens is 3. The molecule has 37 heavy (non-hydrogen) atoms. The molecular formula is C23H32F3N5O5S. The Morgan fingerprint density at radius 1 is 1.24 bits per heavy atom. The number of hydrogen-bond donors (Lipinski definition) is 3. The van der Waals surface area contributed by atoms with E-state index in [9.17, 15) is 27.9 Å². The number of aliphatic hydroxyl groups excluding tert-OH is 1. The zero-order valence-corrected chi connectivity index (χ0v) is 21.1. The van der Waals surface area contributed by atoms with Crippen LogP contribution in [0, 0.1) is 0 Å². The number of carbonyl (C=O) groups excluding carboxylic acids is 2. The summed E-state index contributed by atoms with van der Waals surface area (Å²) in [4.78, 5) is 30.2. The molecule has 3 aliphatic rings. The lowest BCUT2D eigenvalue weighted by Crippen LogP contribution is -2.57. The molecule has 0 aromatic heterocycles. The van der Waals surface area contributed by atoms with Crippen LogP contribution in [0.15, 0.2) is 24.3 Å². The van der Waals surface area contributed by atoms with Crippen molar-refractivity contribution in [3.8, 4) is 5.75 Å². The van der Waals surface area contributed by atoms with Crippen molar-refractivity contribution in [1.29, 1.82) is 0 Å². The summed E-state index contributed by atoms with van der Waals surface area (Å²) in [5.74, 6) is -0.460. The van der Waals surface area contributed by atoms with Gasteiger partial charge >= 0.3 is 6.36 Å². The Morgan fingerprint density at radius 3 is 2.68 bits per heavy atom. The van der Waals surface area contributed by atoms with Crippen LogP contribution < -0.4 is 20.1 Å². The summed E-state index contributed by atoms with van der Waals surface area (Å²) in [6.45, 7) is 3.51. The lowest BCUT2D eigenvalue weighted by molar-refractivity contribution is -0.274. The average molecular weight is 548 g/mol. The van der Waals surface area contributed by atoms with Gasteiger partial charge in [0, 0.05) is 75.4 Å². The van der Waals surface area contributed by atoms with Crippen molar-refractivity contribution in [3.05, 3.63) is 24.3 Å². The molecule has 3 atom stereocenters. The summed E-state index contributed by atoms with van der Waals surface area (Å²) in [6, 6.07) is 5.23. The minimum atomic E-state index is -4.74. The van der Waals surface area contributed by atoms with Crippen LogP contribution in [0.5, 0.6) is 5.75 Å². The summed E-state index contributed by atoms with van der Waals surface area (Å²) in [5.41, 5.74) is 0.262. The van der Waals surface area contributed by atoms with Crippen molar-refractivity contribution in [3.63, 3.8) is 0 Å². The van der Waals surface area contributed by atoms with Gasteiger partial charge in [0.1, 0.15) is 5.75 Å². The van der Waals surface area contributed by atoms with Gasteiger partial charge in [-0.3, -0.25) is 19.6 Å². The summed E-state index contributed by atoms with van der Waals surface area (Å²) >= 11 is 0.659. The van der Waals surface area contributed by atoms with Gasteiger partial charge < -0.3 is 29.7 Å². The van der Waals surface area contributed by atoms with Crippen molar-refractivity contribution in [2.75, 3.05) is 57.4 Å². The number of ether oxygens (including phenoxy) is 2. The van der Waals surface area contributed by atoms with Gasteiger partial charge in [-0.2, -0.15) is 0 Å². The van der Waals surface area contributed by atoms with Gasteiger partial charge in [-0.25, -0.2) is 0 Å². The quantitative estimate of drug-likeness (QED) is 0.437. The predicted octanol–water partition coefficient (Wildman–Crippen LogP) is 1.53. The number of alkyl halides is 3. The van der Waals surface area contributed by atoms with Crippen LogP contribution in [-0.4, -0.2) is 103 Å². The molecule has 3 saturated heterocycles. The number of amides is 2. The zero-order chi connectivity index (χ0) is 26.6. The van der Waals surface area contributed by atoms with Gasteiger partial charge in [0.25, 0.3) is 5.24 Å². The zero-order valence-electron chi connectivity index (χ0n) is 20.3. The first kappa shape index (κ1) is 27.8. The molecule has 3 aliphatic heterocycles. The van der Waals surface area contributed by atoms with E-state index in [2.05, 4.69) is 15.0 Å². The molecule has 4 N–H and O–H groups in total. The third kappa shape index (κ3) is 7.19. The van der Waals surface area contributed by atoms with E-state index < -0.39 is 12.0 Å². The average Bonchev–Trinajstić information content (AvgIpc) is 3.49. The number of nitrogens with zero attached hydrogens (tertiary/aromatic N) is 3. The number of carbonyl (C=O) groups is 2. The van der Waals surface area contributed by atoms with Gasteiger partial charge in [0.15, 0.2) is 0 Å². The number of benzene rings is 1. The number of aliphatic hydroxyl groups is 1. The van der Waals surface area contributed by atoms with E-state index in [4.69, 9.17) is 9.88 Å². The minimum Gasteiger partial charge on any atom is -0.406 e. The molecule has 0 radical (unpaired) electrons. The number of hydrogen-bond acceptors (Lipinski definition) is 9. The molecule has 1 aromatic rings. The van der Waals surface area contributed by atoms with Gasteiger partial charge in [0.2, 0.25) is 5.91 Å². The number of nitrogens with two attached hydrogens (primary N) is 1. The number of nitrogens with one attached hydrogen (secondary N) is 1. The maximum atomic E-state index is 12.7. The molecule has 1 aromatic carbocycles. The fraction of sp³-hybridized carbons (Fsp3) is 0.652. The number of rotatable bonds is 7. The molecule has 0 bridgehead atoms. The van der Waals surface area contributed by atoms with Crippen molar-refractivity contribution >= 4 is 28.8 Å². The maximum absolute atomic E-state index is 12.7. The van der Waals surface area contributed by atoms with Crippen LogP contribution in [0.25, 0.3) is 0 Å². The highest BCUT2D eigenvalue weighted by atomic mass is 32.2. The third-order valence-electron chi connectivity index (χ3n) is 7.09. The Hall–Kier alpha value is -2.26. The van der Waals surface area contributed by atoms with E-state index in [-0.39, 0.29) is 42.0 Å². The lowest BCUT2D eigenvalue weighted by atomic mass is 9.98. The molecular weight excluding hydrogens is 515 g/mol. The lowest BCUT2D eigenvalue weighted by Gasteiger charge is -2.43. The Morgan fingerprint density at radius 2 is 2.00 bits per heavy atom. The van der Waals surface area contributed by atoms with Crippen LogP contribution in [-0.2, 0) is 9.53 Å². The van der Waals surface area contributed by atoms with Crippen molar-refractivity contribution in [2.24, 2.45) is 5.14 Å². The molecule has 2 amide bonds. The van der Waals surface area contributed by atoms with Crippen LogP contribution in [0.4, 0.5) is 23.7 Å². The van der Waals surface area contributed by atoms with E-state index in [1.54, 1.807) is 17.0 Å². The van der Waals surface area contributed by atoms with Crippen LogP contribution in [0.3, 0.4) is 0 Å². The first-order valence-corrected chi connectivity index (χ1v) is 13.0. The number of likely N-dealkylation sites (tertiary alicyclic amines) is 1. The summed E-state index contributed by atoms with van der Waals surface area (Å²) < 4.78 is 47.4. The predicted molar refractivity (Wildman–Crippen MR) is 131 cm³/mol. The van der Waals surface area contributed by atoms with Gasteiger partial charge in [-0.15, -0.1) is 13.2 Å². The molecule has 14 heteroatoms. The van der Waals surface area contributed by atoms with Gasteiger partial charge in [0.05, 0.1) is 18.8 Å². The second-order valence-electron chi connectivity index (χ2n) is 9.64. The van der Waals surface area contributed by atoms with E-state index >= 15 is 0 Å². The maximum Gasteiger partial charge on any atom is 0.573 e. The van der Waals surface area contributed by atoms with Gasteiger partial charge in [-0.05, 0) is 37.1 Å². The molecule has 3 unspecified atom stereocenters. The monoisotopic (exact) mass is 547 g/mol. The van der Waals surface area contributed by atoms with E-state index in [1.165, 1.54) is 12.1 Å². The topological polar surface area (TPSA) is 121 Å². The Bertz CT molecular complexity index is 956.